The van der Waals surface area contributed by atoms with Crippen LogP contribution in [0.3, 0.4) is 0 Å². The van der Waals surface area contributed by atoms with E-state index in [9.17, 15) is 18.0 Å². The SMILES string of the molecule is CC1(C(=O)c2cccc(C(F)(F)F)c2)CCCCC1. The van der Waals surface area contributed by atoms with Gasteiger partial charge in [-0.2, -0.15) is 13.2 Å². The average Bonchev–Trinajstić information content (AvgIpc) is 2.38. The summed E-state index contributed by atoms with van der Waals surface area (Å²) in [5, 5.41) is 0. The average molecular weight is 270 g/mol. The molecule has 0 heterocycles. The maximum Gasteiger partial charge on any atom is 0.416 e. The van der Waals surface area contributed by atoms with Gasteiger partial charge in [-0.1, -0.05) is 38.3 Å². The third kappa shape index (κ3) is 2.99. The second kappa shape index (κ2) is 4.99. The Kier molecular flexibility index (Phi) is 3.70. The molecule has 0 aromatic heterocycles. The van der Waals surface area contributed by atoms with Crippen molar-refractivity contribution in [1.29, 1.82) is 0 Å². The standard InChI is InChI=1S/C15H17F3O/c1-14(8-3-2-4-9-14)13(19)11-6-5-7-12(10-11)15(16,17)18/h5-7,10H,2-4,8-9H2,1H3. The van der Waals surface area contributed by atoms with Crippen molar-refractivity contribution < 1.29 is 18.0 Å². The largest absolute Gasteiger partial charge is 0.416 e. The second-order valence-corrected chi connectivity index (χ2v) is 5.53. The molecule has 104 valence electrons. The minimum absolute atomic E-state index is 0.154. The van der Waals surface area contributed by atoms with Gasteiger partial charge in [0.2, 0.25) is 0 Å². The van der Waals surface area contributed by atoms with Gasteiger partial charge in [0, 0.05) is 11.0 Å². The number of benzene rings is 1. The number of rotatable bonds is 2. The number of halogens is 3. The van der Waals surface area contributed by atoms with Gasteiger partial charge in [0.15, 0.2) is 5.78 Å². The predicted molar refractivity (Wildman–Crippen MR) is 67.0 cm³/mol. The second-order valence-electron chi connectivity index (χ2n) is 5.53. The van der Waals surface area contributed by atoms with Crippen molar-refractivity contribution in [1.82, 2.24) is 0 Å². The Morgan fingerprint density at radius 1 is 1.16 bits per heavy atom. The normalized spacial score (nSPS) is 19.2. The molecule has 1 aromatic carbocycles. The fourth-order valence-corrected chi connectivity index (χ4v) is 2.74. The molecule has 0 aliphatic heterocycles. The molecule has 1 nitrogen and oxygen atoms in total. The number of alkyl halides is 3. The van der Waals surface area contributed by atoms with E-state index >= 15 is 0 Å². The van der Waals surface area contributed by atoms with Crippen molar-refractivity contribution in [2.45, 2.75) is 45.2 Å². The Bertz CT molecular complexity index is 471. The lowest BCUT2D eigenvalue weighted by atomic mass is 9.71. The van der Waals surface area contributed by atoms with Crippen molar-refractivity contribution in [3.05, 3.63) is 35.4 Å². The smallest absolute Gasteiger partial charge is 0.294 e. The van der Waals surface area contributed by atoms with Gasteiger partial charge in [-0.3, -0.25) is 4.79 Å². The van der Waals surface area contributed by atoms with Gasteiger partial charge in [-0.25, -0.2) is 0 Å². The first-order valence-electron chi connectivity index (χ1n) is 6.55. The first kappa shape index (κ1) is 14.1. The molecule has 4 heteroatoms. The van der Waals surface area contributed by atoms with E-state index < -0.39 is 17.2 Å². The molecule has 1 aliphatic rings. The van der Waals surface area contributed by atoms with E-state index in [2.05, 4.69) is 0 Å². The van der Waals surface area contributed by atoms with Crippen LogP contribution in [-0.2, 0) is 6.18 Å². The summed E-state index contributed by atoms with van der Waals surface area (Å²) in [6.07, 6.45) is 0.182. The summed E-state index contributed by atoms with van der Waals surface area (Å²) < 4.78 is 38.0. The van der Waals surface area contributed by atoms with Crippen LogP contribution < -0.4 is 0 Å². The molecule has 1 fully saturated rings. The van der Waals surface area contributed by atoms with Gasteiger partial charge in [0.1, 0.15) is 0 Å². The molecule has 0 saturated heterocycles. The number of carbonyl (C=O) groups excluding carboxylic acids is 1. The maximum absolute atomic E-state index is 12.7. The molecule has 0 atom stereocenters. The van der Waals surface area contributed by atoms with Gasteiger partial charge in [0.05, 0.1) is 5.56 Å². The first-order valence-corrected chi connectivity index (χ1v) is 6.55. The Morgan fingerprint density at radius 2 is 1.79 bits per heavy atom. The van der Waals surface area contributed by atoms with Crippen LogP contribution in [0, 0.1) is 5.41 Å². The van der Waals surface area contributed by atoms with E-state index in [4.69, 9.17) is 0 Å². The topological polar surface area (TPSA) is 17.1 Å². The number of hydrogen-bond donors (Lipinski definition) is 0. The molecule has 0 amide bonds. The van der Waals surface area contributed by atoms with Crippen LogP contribution in [0.5, 0.6) is 0 Å². The lowest BCUT2D eigenvalue weighted by molar-refractivity contribution is -0.137. The lowest BCUT2D eigenvalue weighted by Gasteiger charge is -2.32. The van der Waals surface area contributed by atoms with Crippen molar-refractivity contribution in [3.8, 4) is 0 Å². The van der Waals surface area contributed by atoms with E-state index in [1.165, 1.54) is 12.1 Å². The highest BCUT2D eigenvalue weighted by atomic mass is 19.4. The zero-order valence-electron chi connectivity index (χ0n) is 10.9. The van der Waals surface area contributed by atoms with Crippen LogP contribution in [-0.4, -0.2) is 5.78 Å². The van der Waals surface area contributed by atoms with Crippen LogP contribution in [0.1, 0.15) is 54.9 Å². The number of hydrogen-bond acceptors (Lipinski definition) is 1. The van der Waals surface area contributed by atoms with Crippen molar-refractivity contribution >= 4 is 5.78 Å². The third-order valence-electron chi connectivity index (χ3n) is 3.96. The summed E-state index contributed by atoms with van der Waals surface area (Å²) in [5.41, 5.74) is -1.07. The van der Waals surface area contributed by atoms with E-state index in [0.29, 0.717) is 0 Å². The molecular formula is C15H17F3O. The van der Waals surface area contributed by atoms with E-state index in [1.54, 1.807) is 0 Å². The Labute approximate surface area is 110 Å². The predicted octanol–water partition coefficient (Wildman–Crippen LogP) is 4.86. The van der Waals surface area contributed by atoms with Crippen LogP contribution in [0.2, 0.25) is 0 Å². The highest BCUT2D eigenvalue weighted by Crippen LogP contribution is 2.39. The summed E-state index contributed by atoms with van der Waals surface area (Å²) >= 11 is 0. The Morgan fingerprint density at radius 3 is 2.37 bits per heavy atom. The molecule has 0 radical (unpaired) electrons. The summed E-state index contributed by atoms with van der Waals surface area (Å²) in [4.78, 5) is 12.4. The summed E-state index contributed by atoms with van der Waals surface area (Å²) in [5.74, 6) is -0.154. The van der Waals surface area contributed by atoms with Crippen molar-refractivity contribution in [2.24, 2.45) is 5.41 Å². The molecule has 1 saturated carbocycles. The fraction of sp³-hybridized carbons (Fsp3) is 0.533. The highest BCUT2D eigenvalue weighted by Gasteiger charge is 2.36. The monoisotopic (exact) mass is 270 g/mol. The molecule has 0 spiro atoms. The number of carbonyl (C=O) groups is 1. The zero-order valence-corrected chi connectivity index (χ0v) is 10.9. The minimum Gasteiger partial charge on any atom is -0.294 e. The van der Waals surface area contributed by atoms with Gasteiger partial charge < -0.3 is 0 Å². The number of ketones is 1. The molecule has 1 aromatic rings. The minimum atomic E-state index is -4.40. The van der Waals surface area contributed by atoms with Gasteiger partial charge in [-0.15, -0.1) is 0 Å². The van der Waals surface area contributed by atoms with Crippen LogP contribution >= 0.6 is 0 Å². The Balaban J connectivity index is 2.29. The fourth-order valence-electron chi connectivity index (χ4n) is 2.74. The van der Waals surface area contributed by atoms with Crippen LogP contribution in [0.25, 0.3) is 0 Å². The zero-order chi connectivity index (χ0) is 14.1. The molecule has 0 unspecified atom stereocenters. The third-order valence-corrected chi connectivity index (χ3v) is 3.96. The first-order chi connectivity index (χ1) is 8.83. The summed E-state index contributed by atoms with van der Waals surface area (Å²) in [6, 6.07) is 4.77. The molecule has 0 bridgehead atoms. The molecule has 0 N–H and O–H groups in total. The van der Waals surface area contributed by atoms with Gasteiger partial charge in [-0.05, 0) is 25.0 Å². The molecule has 2 rings (SSSR count). The maximum atomic E-state index is 12.7. The van der Waals surface area contributed by atoms with Crippen LogP contribution in [0.4, 0.5) is 13.2 Å². The quantitative estimate of drug-likeness (QED) is 0.701. The summed E-state index contributed by atoms with van der Waals surface area (Å²) in [7, 11) is 0. The van der Waals surface area contributed by atoms with E-state index in [-0.39, 0.29) is 11.3 Å². The van der Waals surface area contributed by atoms with Crippen molar-refractivity contribution in [2.75, 3.05) is 0 Å². The summed E-state index contributed by atoms with van der Waals surface area (Å²) in [6.45, 7) is 1.87. The molecule has 19 heavy (non-hydrogen) atoms. The van der Waals surface area contributed by atoms with Crippen molar-refractivity contribution in [3.63, 3.8) is 0 Å². The lowest BCUT2D eigenvalue weighted by Crippen LogP contribution is -2.30. The molecule has 1 aliphatic carbocycles. The molecular weight excluding hydrogens is 253 g/mol. The number of Topliss-reactive ketones (excluding diaryl/α,β-unsaturated/α-hetero) is 1. The van der Waals surface area contributed by atoms with Crippen LogP contribution in [0.15, 0.2) is 24.3 Å². The van der Waals surface area contributed by atoms with Gasteiger partial charge in [0.25, 0.3) is 0 Å². The highest BCUT2D eigenvalue weighted by molar-refractivity contribution is 6.00. The Hall–Kier alpha value is -1.32. The van der Waals surface area contributed by atoms with E-state index in [1.807, 2.05) is 6.92 Å². The van der Waals surface area contributed by atoms with E-state index in [0.717, 1.165) is 44.2 Å². The van der Waals surface area contributed by atoms with Gasteiger partial charge >= 0.3 is 6.18 Å².